The van der Waals surface area contributed by atoms with Gasteiger partial charge in [0.25, 0.3) is 0 Å². The number of carbonyl (C=O) groups excluding carboxylic acids is 2. The summed E-state index contributed by atoms with van der Waals surface area (Å²) in [7, 11) is 0. The predicted molar refractivity (Wildman–Crippen MR) is 65.5 cm³/mol. The van der Waals surface area contributed by atoms with Crippen LogP contribution in [0.4, 0.5) is 0 Å². The van der Waals surface area contributed by atoms with Crippen LogP contribution in [0.25, 0.3) is 0 Å². The van der Waals surface area contributed by atoms with Gasteiger partial charge in [-0.2, -0.15) is 0 Å². The molecule has 0 heterocycles. The molecule has 0 fully saturated rings. The Morgan fingerprint density at radius 2 is 2.00 bits per heavy atom. The third-order valence-corrected chi connectivity index (χ3v) is 2.25. The Bertz CT molecular complexity index is 391. The molecule has 5 heteroatoms. The molecule has 0 spiro atoms. The quantitative estimate of drug-likeness (QED) is 0.727. The van der Waals surface area contributed by atoms with Crippen LogP contribution < -0.4 is 5.32 Å². The van der Waals surface area contributed by atoms with E-state index in [0.717, 1.165) is 5.56 Å². The molecule has 1 aromatic rings. The molecule has 0 aliphatic heterocycles. The summed E-state index contributed by atoms with van der Waals surface area (Å²) in [5, 5.41) is 12.0. The van der Waals surface area contributed by atoms with E-state index in [9.17, 15) is 14.7 Å². The number of carbonyl (C=O) groups is 2. The highest BCUT2D eigenvalue weighted by molar-refractivity contribution is 5.84. The molecule has 0 saturated heterocycles. The molecular formula is C13H17NO4. The van der Waals surface area contributed by atoms with Crippen LogP contribution in [0.1, 0.15) is 18.9 Å². The molecular weight excluding hydrogens is 234 g/mol. The summed E-state index contributed by atoms with van der Waals surface area (Å²) in [6.45, 7) is 2.31. The molecule has 98 valence electrons. The zero-order chi connectivity index (χ0) is 13.4. The molecule has 1 rings (SSSR count). The van der Waals surface area contributed by atoms with Gasteiger partial charge >= 0.3 is 5.97 Å². The van der Waals surface area contributed by atoms with Crippen molar-refractivity contribution in [3.63, 3.8) is 0 Å². The fraction of sp³-hybridized carbons (Fsp3) is 0.385. The summed E-state index contributed by atoms with van der Waals surface area (Å²) in [6, 6.07) is 9.13. The maximum absolute atomic E-state index is 11.4. The molecule has 0 aliphatic carbocycles. The molecule has 1 atom stereocenters. The normalized spacial score (nSPS) is 11.7. The van der Waals surface area contributed by atoms with Crippen molar-refractivity contribution in [1.82, 2.24) is 5.32 Å². The Labute approximate surface area is 106 Å². The Morgan fingerprint density at radius 1 is 1.33 bits per heavy atom. The number of aliphatic hydroxyl groups is 1. The third kappa shape index (κ3) is 4.97. The lowest BCUT2D eigenvalue weighted by Crippen LogP contribution is -2.32. The van der Waals surface area contributed by atoms with Gasteiger partial charge in [0.15, 0.2) is 6.10 Å². The molecule has 1 aromatic carbocycles. The number of nitrogens with one attached hydrogen (secondary N) is 1. The number of esters is 1. The van der Waals surface area contributed by atoms with E-state index in [2.05, 4.69) is 5.32 Å². The summed E-state index contributed by atoms with van der Waals surface area (Å²) in [5.74, 6) is -1.16. The molecule has 0 unspecified atom stereocenters. The first-order valence-electron chi connectivity index (χ1n) is 5.78. The summed E-state index contributed by atoms with van der Waals surface area (Å²) in [4.78, 5) is 22.6. The topological polar surface area (TPSA) is 75.6 Å². The Morgan fingerprint density at radius 3 is 2.61 bits per heavy atom. The van der Waals surface area contributed by atoms with Crippen molar-refractivity contribution >= 4 is 11.9 Å². The highest BCUT2D eigenvalue weighted by Gasteiger charge is 2.20. The standard InChI is InChI=1S/C13H17NO4/c1-2-14-12(16)8-11(15)13(17)18-9-10-6-4-3-5-7-10/h3-7,11,15H,2,8-9H2,1H3,(H,14,16)/t11-/m0/s1. The highest BCUT2D eigenvalue weighted by atomic mass is 16.5. The SMILES string of the molecule is CCNC(=O)C[C@H](O)C(=O)OCc1ccccc1. The predicted octanol–water partition coefficient (Wildman–Crippen LogP) is 0.617. The summed E-state index contributed by atoms with van der Waals surface area (Å²) in [6.07, 6.45) is -1.69. The van der Waals surface area contributed by atoms with Crippen LogP contribution in [-0.4, -0.2) is 29.6 Å². The number of amides is 1. The van der Waals surface area contributed by atoms with Crippen molar-refractivity contribution in [2.45, 2.75) is 26.1 Å². The van der Waals surface area contributed by atoms with E-state index >= 15 is 0 Å². The molecule has 0 radical (unpaired) electrons. The molecule has 1 amide bonds. The van der Waals surface area contributed by atoms with Crippen LogP contribution >= 0.6 is 0 Å². The minimum Gasteiger partial charge on any atom is -0.459 e. The van der Waals surface area contributed by atoms with Crippen molar-refractivity contribution in [3.8, 4) is 0 Å². The summed E-state index contributed by atoms with van der Waals surface area (Å²) >= 11 is 0. The van der Waals surface area contributed by atoms with Crippen LogP contribution in [0.2, 0.25) is 0 Å². The minimum atomic E-state index is -1.42. The molecule has 0 aliphatic rings. The van der Waals surface area contributed by atoms with E-state index in [0.29, 0.717) is 6.54 Å². The second kappa shape index (κ2) is 7.45. The fourth-order valence-corrected chi connectivity index (χ4v) is 1.35. The first kappa shape index (κ1) is 14.2. The Balaban J connectivity index is 2.34. The van der Waals surface area contributed by atoms with E-state index < -0.39 is 12.1 Å². The summed E-state index contributed by atoms with van der Waals surface area (Å²) < 4.78 is 4.90. The number of benzene rings is 1. The van der Waals surface area contributed by atoms with Crippen LogP contribution in [0.5, 0.6) is 0 Å². The van der Waals surface area contributed by atoms with Crippen molar-refractivity contribution in [3.05, 3.63) is 35.9 Å². The van der Waals surface area contributed by atoms with Crippen LogP contribution in [-0.2, 0) is 20.9 Å². The van der Waals surface area contributed by atoms with Gasteiger partial charge in [-0.3, -0.25) is 4.79 Å². The van der Waals surface area contributed by atoms with Gasteiger partial charge < -0.3 is 15.2 Å². The van der Waals surface area contributed by atoms with Gasteiger partial charge in [0.05, 0.1) is 6.42 Å². The average Bonchev–Trinajstić information content (AvgIpc) is 2.37. The van der Waals surface area contributed by atoms with Crippen LogP contribution in [0.3, 0.4) is 0 Å². The lowest BCUT2D eigenvalue weighted by atomic mass is 10.2. The monoisotopic (exact) mass is 251 g/mol. The molecule has 18 heavy (non-hydrogen) atoms. The van der Waals surface area contributed by atoms with E-state index in [1.54, 1.807) is 6.92 Å². The molecule has 0 saturated carbocycles. The van der Waals surface area contributed by atoms with E-state index in [1.807, 2.05) is 30.3 Å². The second-order valence-electron chi connectivity index (χ2n) is 3.77. The van der Waals surface area contributed by atoms with Crippen molar-refractivity contribution in [2.24, 2.45) is 0 Å². The minimum absolute atomic E-state index is 0.0894. The molecule has 0 bridgehead atoms. The lowest BCUT2D eigenvalue weighted by molar-refractivity contribution is -0.156. The first-order valence-corrected chi connectivity index (χ1v) is 5.78. The number of ether oxygens (including phenoxy) is 1. The first-order chi connectivity index (χ1) is 8.63. The van der Waals surface area contributed by atoms with Crippen LogP contribution in [0.15, 0.2) is 30.3 Å². The maximum Gasteiger partial charge on any atom is 0.335 e. The van der Waals surface area contributed by atoms with Crippen molar-refractivity contribution in [2.75, 3.05) is 6.54 Å². The average molecular weight is 251 g/mol. The second-order valence-corrected chi connectivity index (χ2v) is 3.77. The Kier molecular flexibility index (Phi) is 5.87. The Hall–Kier alpha value is -1.88. The van der Waals surface area contributed by atoms with Gasteiger partial charge in [0.2, 0.25) is 5.91 Å². The maximum atomic E-state index is 11.4. The van der Waals surface area contributed by atoms with Gasteiger partial charge in [-0.05, 0) is 12.5 Å². The van der Waals surface area contributed by atoms with E-state index in [4.69, 9.17) is 4.74 Å². The van der Waals surface area contributed by atoms with Gasteiger partial charge in [-0.15, -0.1) is 0 Å². The highest BCUT2D eigenvalue weighted by Crippen LogP contribution is 2.03. The van der Waals surface area contributed by atoms with Gasteiger partial charge in [0, 0.05) is 6.54 Å². The zero-order valence-corrected chi connectivity index (χ0v) is 10.3. The summed E-state index contributed by atoms with van der Waals surface area (Å²) in [5.41, 5.74) is 0.830. The third-order valence-electron chi connectivity index (χ3n) is 2.25. The largest absolute Gasteiger partial charge is 0.459 e. The number of aliphatic hydroxyl groups excluding tert-OH is 1. The van der Waals surface area contributed by atoms with Crippen molar-refractivity contribution in [1.29, 1.82) is 0 Å². The number of hydrogen-bond donors (Lipinski definition) is 2. The van der Waals surface area contributed by atoms with E-state index in [-0.39, 0.29) is 18.9 Å². The zero-order valence-electron chi connectivity index (χ0n) is 10.3. The van der Waals surface area contributed by atoms with Gasteiger partial charge in [0.1, 0.15) is 6.61 Å². The lowest BCUT2D eigenvalue weighted by Gasteiger charge is -2.10. The van der Waals surface area contributed by atoms with E-state index in [1.165, 1.54) is 0 Å². The smallest absolute Gasteiger partial charge is 0.335 e. The van der Waals surface area contributed by atoms with Crippen LogP contribution in [0, 0.1) is 0 Å². The number of rotatable bonds is 6. The molecule has 0 aromatic heterocycles. The molecule has 2 N–H and O–H groups in total. The molecule has 5 nitrogen and oxygen atoms in total. The van der Waals surface area contributed by atoms with Crippen molar-refractivity contribution < 1.29 is 19.4 Å². The van der Waals surface area contributed by atoms with Gasteiger partial charge in [-0.25, -0.2) is 4.79 Å². The number of hydrogen-bond acceptors (Lipinski definition) is 4. The van der Waals surface area contributed by atoms with Gasteiger partial charge in [-0.1, -0.05) is 30.3 Å². The fourth-order valence-electron chi connectivity index (χ4n) is 1.35.